The lowest BCUT2D eigenvalue weighted by Gasteiger charge is -2.32. The van der Waals surface area contributed by atoms with Gasteiger partial charge in [-0.15, -0.1) is 0 Å². The van der Waals surface area contributed by atoms with E-state index in [0.29, 0.717) is 12.1 Å². The van der Waals surface area contributed by atoms with Crippen molar-refractivity contribution in [1.29, 1.82) is 0 Å². The van der Waals surface area contributed by atoms with E-state index in [0.717, 1.165) is 37.2 Å². The molecule has 1 unspecified atom stereocenters. The second-order valence-corrected chi connectivity index (χ2v) is 7.15. The van der Waals surface area contributed by atoms with Crippen LogP contribution in [0.25, 0.3) is 0 Å². The van der Waals surface area contributed by atoms with Crippen LogP contribution in [-0.4, -0.2) is 31.0 Å². The molecule has 0 bridgehead atoms. The van der Waals surface area contributed by atoms with Gasteiger partial charge in [0.15, 0.2) is 0 Å². The van der Waals surface area contributed by atoms with Gasteiger partial charge in [0.1, 0.15) is 11.6 Å². The first kappa shape index (κ1) is 19.4. The fraction of sp³-hybridized carbons (Fsp3) is 0.409. The zero-order valence-electron chi connectivity index (χ0n) is 16.0. The number of rotatable bonds is 6. The second kappa shape index (κ2) is 9.00. The first-order valence-corrected chi connectivity index (χ1v) is 9.47. The Bertz CT molecular complexity index is 755. The molecule has 0 aliphatic carbocycles. The first-order chi connectivity index (χ1) is 13.1. The summed E-state index contributed by atoms with van der Waals surface area (Å²) in [5, 5.41) is 3.12. The smallest absolute Gasteiger partial charge is 0.223 e. The van der Waals surface area contributed by atoms with Gasteiger partial charge in [-0.25, -0.2) is 4.39 Å². The van der Waals surface area contributed by atoms with Gasteiger partial charge in [0, 0.05) is 18.0 Å². The number of methoxy groups -OCH3 is 1. The highest BCUT2D eigenvalue weighted by Gasteiger charge is 2.26. The van der Waals surface area contributed by atoms with Crippen LogP contribution >= 0.6 is 0 Å². The second-order valence-electron chi connectivity index (χ2n) is 7.15. The van der Waals surface area contributed by atoms with Gasteiger partial charge >= 0.3 is 0 Å². The third-order valence-electron chi connectivity index (χ3n) is 5.28. The number of nitrogens with one attached hydrogen (secondary N) is 1. The molecule has 0 spiro atoms. The molecule has 3 rings (SSSR count). The van der Waals surface area contributed by atoms with Gasteiger partial charge in [-0.3, -0.25) is 9.69 Å². The summed E-state index contributed by atoms with van der Waals surface area (Å²) in [6, 6.07) is 14.6. The van der Waals surface area contributed by atoms with Gasteiger partial charge in [-0.2, -0.15) is 0 Å². The largest absolute Gasteiger partial charge is 0.497 e. The first-order valence-electron chi connectivity index (χ1n) is 9.47. The number of carbonyl (C=O) groups is 1. The monoisotopic (exact) mass is 370 g/mol. The van der Waals surface area contributed by atoms with Crippen molar-refractivity contribution in [2.75, 3.05) is 20.2 Å². The minimum atomic E-state index is -0.161. The minimum Gasteiger partial charge on any atom is -0.497 e. The van der Waals surface area contributed by atoms with Crippen LogP contribution in [0.1, 0.15) is 36.9 Å². The summed E-state index contributed by atoms with van der Waals surface area (Å²) in [6.45, 7) is 4.21. The minimum absolute atomic E-state index is 0.0163. The molecule has 144 valence electrons. The molecule has 0 aromatic heterocycles. The van der Waals surface area contributed by atoms with Gasteiger partial charge in [0.25, 0.3) is 0 Å². The van der Waals surface area contributed by atoms with Crippen molar-refractivity contribution in [1.82, 2.24) is 10.2 Å². The molecule has 2 aromatic rings. The number of piperidine rings is 1. The summed E-state index contributed by atoms with van der Waals surface area (Å²) >= 11 is 0. The highest BCUT2D eigenvalue weighted by molar-refractivity contribution is 5.79. The molecule has 1 aliphatic rings. The molecular formula is C22H27FN2O2. The van der Waals surface area contributed by atoms with E-state index in [1.807, 2.05) is 43.3 Å². The SMILES string of the molecule is COc1ccc(C(C)NC(=O)C2CCN(Cc3ccccc3F)CC2)cc1. The van der Waals surface area contributed by atoms with E-state index in [-0.39, 0.29) is 23.7 Å². The molecular weight excluding hydrogens is 343 g/mol. The van der Waals surface area contributed by atoms with E-state index in [2.05, 4.69) is 10.2 Å². The third-order valence-corrected chi connectivity index (χ3v) is 5.28. The highest BCUT2D eigenvalue weighted by atomic mass is 19.1. The molecule has 0 saturated carbocycles. The van der Waals surface area contributed by atoms with Crippen LogP contribution in [0, 0.1) is 11.7 Å². The van der Waals surface area contributed by atoms with Crippen LogP contribution in [0.3, 0.4) is 0 Å². The summed E-state index contributed by atoms with van der Waals surface area (Å²) < 4.78 is 19.0. The Kier molecular flexibility index (Phi) is 6.45. The standard InChI is InChI=1S/C22H27FN2O2/c1-16(17-7-9-20(27-2)10-8-17)24-22(26)18-11-13-25(14-12-18)15-19-5-3-4-6-21(19)23/h3-10,16,18H,11-15H2,1-2H3,(H,24,26). The lowest BCUT2D eigenvalue weighted by molar-refractivity contribution is -0.127. The molecule has 1 N–H and O–H groups in total. The van der Waals surface area contributed by atoms with Gasteiger partial charge < -0.3 is 10.1 Å². The van der Waals surface area contributed by atoms with Crippen molar-refractivity contribution < 1.29 is 13.9 Å². The zero-order valence-corrected chi connectivity index (χ0v) is 16.0. The number of carbonyl (C=O) groups excluding carboxylic acids is 1. The van der Waals surface area contributed by atoms with Crippen LogP contribution in [-0.2, 0) is 11.3 Å². The third kappa shape index (κ3) is 5.07. The van der Waals surface area contributed by atoms with Crippen molar-refractivity contribution >= 4 is 5.91 Å². The molecule has 1 atom stereocenters. The van der Waals surface area contributed by atoms with E-state index in [1.54, 1.807) is 13.2 Å². The average molecular weight is 370 g/mol. The molecule has 1 aliphatic heterocycles. The summed E-state index contributed by atoms with van der Waals surface area (Å²) in [5.74, 6) is 0.761. The number of ether oxygens (including phenoxy) is 1. The Balaban J connectivity index is 1.48. The van der Waals surface area contributed by atoms with Crippen LogP contribution in [0.5, 0.6) is 5.75 Å². The molecule has 1 amide bonds. The molecule has 5 heteroatoms. The molecule has 1 heterocycles. The number of likely N-dealkylation sites (tertiary alicyclic amines) is 1. The van der Waals surface area contributed by atoms with Gasteiger partial charge in [-0.1, -0.05) is 30.3 Å². The van der Waals surface area contributed by atoms with E-state index >= 15 is 0 Å². The molecule has 4 nitrogen and oxygen atoms in total. The van der Waals surface area contributed by atoms with Gasteiger partial charge in [-0.05, 0) is 56.6 Å². The van der Waals surface area contributed by atoms with E-state index < -0.39 is 0 Å². The molecule has 27 heavy (non-hydrogen) atoms. The Morgan fingerprint density at radius 2 is 1.85 bits per heavy atom. The highest BCUT2D eigenvalue weighted by Crippen LogP contribution is 2.22. The quantitative estimate of drug-likeness (QED) is 0.838. The average Bonchev–Trinajstić information content (AvgIpc) is 2.70. The molecule has 1 saturated heterocycles. The maximum Gasteiger partial charge on any atom is 0.223 e. The number of benzene rings is 2. The summed E-state index contributed by atoms with van der Waals surface area (Å²) in [4.78, 5) is 14.8. The fourth-order valence-corrected chi connectivity index (χ4v) is 3.53. The summed E-state index contributed by atoms with van der Waals surface area (Å²) in [5.41, 5.74) is 1.77. The topological polar surface area (TPSA) is 41.6 Å². The normalized spacial score (nSPS) is 16.7. The van der Waals surface area contributed by atoms with Crippen molar-refractivity contribution in [3.8, 4) is 5.75 Å². The van der Waals surface area contributed by atoms with Gasteiger partial charge in [0.05, 0.1) is 13.2 Å². The number of hydrogen-bond donors (Lipinski definition) is 1. The van der Waals surface area contributed by atoms with E-state index in [4.69, 9.17) is 4.74 Å². The fourth-order valence-electron chi connectivity index (χ4n) is 3.53. The Morgan fingerprint density at radius 1 is 1.19 bits per heavy atom. The Hall–Kier alpha value is -2.40. The van der Waals surface area contributed by atoms with Crippen LogP contribution in [0.2, 0.25) is 0 Å². The summed E-state index contributed by atoms with van der Waals surface area (Å²) in [7, 11) is 1.64. The number of halogens is 1. The molecule has 0 radical (unpaired) electrons. The maximum atomic E-state index is 13.8. The zero-order chi connectivity index (χ0) is 19.2. The van der Waals surface area contributed by atoms with Crippen LogP contribution in [0.15, 0.2) is 48.5 Å². The van der Waals surface area contributed by atoms with Crippen molar-refractivity contribution in [3.63, 3.8) is 0 Å². The molecule has 1 fully saturated rings. The maximum absolute atomic E-state index is 13.8. The van der Waals surface area contributed by atoms with E-state index in [1.165, 1.54) is 6.07 Å². The predicted octanol–water partition coefficient (Wildman–Crippen LogP) is 3.92. The number of amides is 1. The Labute approximate surface area is 160 Å². The lowest BCUT2D eigenvalue weighted by Crippen LogP contribution is -2.41. The van der Waals surface area contributed by atoms with Crippen molar-refractivity contribution in [2.24, 2.45) is 5.92 Å². The van der Waals surface area contributed by atoms with Crippen LogP contribution in [0.4, 0.5) is 4.39 Å². The lowest BCUT2D eigenvalue weighted by atomic mass is 9.94. The van der Waals surface area contributed by atoms with Crippen molar-refractivity contribution in [3.05, 3.63) is 65.5 Å². The predicted molar refractivity (Wildman–Crippen MR) is 104 cm³/mol. The number of nitrogens with zero attached hydrogens (tertiary/aromatic N) is 1. The van der Waals surface area contributed by atoms with Crippen LogP contribution < -0.4 is 10.1 Å². The molecule has 2 aromatic carbocycles. The van der Waals surface area contributed by atoms with Gasteiger partial charge in [0.2, 0.25) is 5.91 Å². The van der Waals surface area contributed by atoms with E-state index in [9.17, 15) is 9.18 Å². The Morgan fingerprint density at radius 3 is 2.48 bits per heavy atom. The van der Waals surface area contributed by atoms with Crippen molar-refractivity contribution in [2.45, 2.75) is 32.4 Å². The summed E-state index contributed by atoms with van der Waals surface area (Å²) in [6.07, 6.45) is 1.60. The number of hydrogen-bond acceptors (Lipinski definition) is 3.